The molecule has 0 saturated heterocycles. The van der Waals surface area contributed by atoms with E-state index in [0.29, 0.717) is 16.6 Å². The van der Waals surface area contributed by atoms with Crippen molar-refractivity contribution in [1.82, 2.24) is 15.0 Å². The Bertz CT molecular complexity index is 791. The summed E-state index contributed by atoms with van der Waals surface area (Å²) in [5.41, 5.74) is 2.13. The minimum absolute atomic E-state index is 0.0321. The number of aromatic carboxylic acids is 1. The molecule has 0 saturated carbocycles. The summed E-state index contributed by atoms with van der Waals surface area (Å²) in [6, 6.07) is 10.0. The summed E-state index contributed by atoms with van der Waals surface area (Å²) in [4.78, 5) is 12.3. The van der Waals surface area contributed by atoms with Crippen molar-refractivity contribution in [2.75, 3.05) is 0 Å². The van der Waals surface area contributed by atoms with Gasteiger partial charge in [0.15, 0.2) is 0 Å². The molecule has 6 heteroatoms. The van der Waals surface area contributed by atoms with Gasteiger partial charge in [0.25, 0.3) is 0 Å². The van der Waals surface area contributed by atoms with Crippen molar-refractivity contribution >= 4 is 17.0 Å². The van der Waals surface area contributed by atoms with Crippen molar-refractivity contribution < 1.29 is 15.0 Å². The molecular formula is C14H11N3O3. The van der Waals surface area contributed by atoms with E-state index in [1.807, 2.05) is 12.1 Å². The van der Waals surface area contributed by atoms with Gasteiger partial charge >= 0.3 is 5.97 Å². The fraction of sp³-hybridized carbons (Fsp3) is 0.0714. The highest BCUT2D eigenvalue weighted by molar-refractivity contribution is 5.89. The third-order valence-corrected chi connectivity index (χ3v) is 3.03. The number of phenolic OH excluding ortho intramolecular Hbond substituents is 1. The van der Waals surface area contributed by atoms with Crippen LogP contribution in [0.1, 0.15) is 15.9 Å². The number of rotatable bonds is 2. The lowest BCUT2D eigenvalue weighted by Gasteiger charge is -2.07. The number of aromatic hydroxyl groups is 1. The van der Waals surface area contributed by atoms with E-state index in [1.54, 1.807) is 19.1 Å². The van der Waals surface area contributed by atoms with Crippen LogP contribution in [0.4, 0.5) is 0 Å². The summed E-state index contributed by atoms with van der Waals surface area (Å²) in [5, 5.41) is 27.6. The highest BCUT2D eigenvalue weighted by Gasteiger charge is 2.15. The molecule has 100 valence electrons. The highest BCUT2D eigenvalue weighted by atomic mass is 16.4. The van der Waals surface area contributed by atoms with Gasteiger partial charge in [-0.2, -0.15) is 0 Å². The monoisotopic (exact) mass is 269 g/mol. The lowest BCUT2D eigenvalue weighted by Crippen LogP contribution is -2.04. The maximum atomic E-state index is 11.1. The third-order valence-electron chi connectivity index (χ3n) is 3.03. The largest absolute Gasteiger partial charge is 0.505 e. The predicted octanol–water partition coefficient (Wildman–Crippen LogP) is 2.13. The molecule has 3 rings (SSSR count). The maximum absolute atomic E-state index is 11.1. The predicted molar refractivity (Wildman–Crippen MR) is 72.2 cm³/mol. The average molecular weight is 269 g/mol. The molecule has 0 bridgehead atoms. The van der Waals surface area contributed by atoms with Crippen molar-refractivity contribution in [1.29, 1.82) is 0 Å². The van der Waals surface area contributed by atoms with E-state index >= 15 is 0 Å². The van der Waals surface area contributed by atoms with Crippen molar-refractivity contribution in [3.63, 3.8) is 0 Å². The van der Waals surface area contributed by atoms with Crippen molar-refractivity contribution in [3.05, 3.63) is 47.5 Å². The molecular weight excluding hydrogens is 258 g/mol. The van der Waals surface area contributed by atoms with E-state index in [-0.39, 0.29) is 17.0 Å². The van der Waals surface area contributed by atoms with E-state index in [1.165, 1.54) is 16.9 Å². The molecule has 20 heavy (non-hydrogen) atoms. The smallest absolute Gasteiger partial charge is 0.335 e. The van der Waals surface area contributed by atoms with Gasteiger partial charge in [-0.1, -0.05) is 12.1 Å². The molecule has 2 N–H and O–H groups in total. The summed E-state index contributed by atoms with van der Waals surface area (Å²) in [7, 11) is 0. The molecule has 0 unspecified atom stereocenters. The summed E-state index contributed by atoms with van der Waals surface area (Å²) >= 11 is 0. The quantitative estimate of drug-likeness (QED) is 0.744. The first kappa shape index (κ1) is 12.2. The molecule has 0 aliphatic carbocycles. The Morgan fingerprint density at radius 3 is 2.30 bits per heavy atom. The molecule has 0 aliphatic rings. The second-order valence-electron chi connectivity index (χ2n) is 4.44. The zero-order valence-corrected chi connectivity index (χ0v) is 10.6. The minimum Gasteiger partial charge on any atom is -0.505 e. The number of phenols is 1. The number of hydrogen-bond donors (Lipinski definition) is 2. The number of carboxylic acid groups (broad SMARTS) is 1. The van der Waals surface area contributed by atoms with E-state index in [9.17, 15) is 9.90 Å². The number of nitrogens with zero attached hydrogens (tertiary/aromatic N) is 3. The summed E-state index contributed by atoms with van der Waals surface area (Å²) < 4.78 is 0. The zero-order valence-electron chi connectivity index (χ0n) is 10.6. The molecule has 0 radical (unpaired) electrons. The van der Waals surface area contributed by atoms with Crippen LogP contribution in [-0.4, -0.2) is 31.2 Å². The minimum atomic E-state index is -1.06. The maximum Gasteiger partial charge on any atom is 0.335 e. The molecule has 2 aromatic carbocycles. The molecule has 0 atom stereocenters. The molecule has 6 nitrogen and oxygen atoms in total. The third kappa shape index (κ3) is 1.87. The number of carbonyl (C=O) groups is 1. The van der Waals surface area contributed by atoms with Crippen LogP contribution in [-0.2, 0) is 0 Å². The summed E-state index contributed by atoms with van der Waals surface area (Å²) in [6.07, 6.45) is 0. The van der Waals surface area contributed by atoms with Crippen LogP contribution < -0.4 is 0 Å². The van der Waals surface area contributed by atoms with Gasteiger partial charge in [-0.15, -0.1) is 15.0 Å². The lowest BCUT2D eigenvalue weighted by molar-refractivity contribution is 0.0696. The van der Waals surface area contributed by atoms with Crippen LogP contribution in [0.5, 0.6) is 5.75 Å². The molecule has 0 spiro atoms. The summed E-state index contributed by atoms with van der Waals surface area (Å²) in [6.45, 7) is 1.63. The fourth-order valence-corrected chi connectivity index (χ4v) is 2.00. The average Bonchev–Trinajstić information content (AvgIpc) is 2.84. The second-order valence-corrected chi connectivity index (χ2v) is 4.44. The molecule has 0 aliphatic heterocycles. The van der Waals surface area contributed by atoms with Gasteiger partial charge in [0.1, 0.15) is 22.5 Å². The first-order chi connectivity index (χ1) is 9.56. The zero-order chi connectivity index (χ0) is 14.3. The van der Waals surface area contributed by atoms with Gasteiger partial charge in [0.05, 0.1) is 5.56 Å². The van der Waals surface area contributed by atoms with Crippen LogP contribution in [0.15, 0.2) is 36.4 Å². The van der Waals surface area contributed by atoms with Crippen LogP contribution in [0.2, 0.25) is 0 Å². The normalized spacial score (nSPS) is 10.8. The number of hydrogen-bond acceptors (Lipinski definition) is 4. The Morgan fingerprint density at radius 1 is 1.15 bits per heavy atom. The van der Waals surface area contributed by atoms with Crippen LogP contribution in [0.25, 0.3) is 16.7 Å². The Balaban J connectivity index is 2.24. The number of carboxylic acids is 1. The topological polar surface area (TPSA) is 88.2 Å². The number of fused-ring (bicyclic) bond motifs is 1. The number of aromatic nitrogens is 3. The van der Waals surface area contributed by atoms with Crippen molar-refractivity contribution in [2.45, 2.75) is 6.92 Å². The van der Waals surface area contributed by atoms with Gasteiger partial charge < -0.3 is 10.2 Å². The van der Waals surface area contributed by atoms with Gasteiger partial charge in [-0.05, 0) is 36.8 Å². The van der Waals surface area contributed by atoms with Gasteiger partial charge in [0.2, 0.25) is 0 Å². The fourth-order valence-electron chi connectivity index (χ4n) is 2.00. The van der Waals surface area contributed by atoms with E-state index in [0.717, 1.165) is 0 Å². The first-order valence-electron chi connectivity index (χ1n) is 5.95. The Kier molecular flexibility index (Phi) is 2.64. The molecule has 1 heterocycles. The van der Waals surface area contributed by atoms with E-state index in [4.69, 9.17) is 5.11 Å². The molecule has 0 fully saturated rings. The van der Waals surface area contributed by atoms with E-state index < -0.39 is 5.97 Å². The van der Waals surface area contributed by atoms with Crippen molar-refractivity contribution in [3.8, 4) is 11.4 Å². The lowest BCUT2D eigenvalue weighted by atomic mass is 10.1. The van der Waals surface area contributed by atoms with Crippen LogP contribution in [0, 0.1) is 6.92 Å². The Morgan fingerprint density at radius 2 is 1.75 bits per heavy atom. The molecule has 0 amide bonds. The molecule has 1 aromatic heterocycles. The first-order valence-corrected chi connectivity index (χ1v) is 5.95. The number of aryl methyl sites for hydroxylation is 1. The van der Waals surface area contributed by atoms with Gasteiger partial charge in [-0.3, -0.25) is 0 Å². The SMILES string of the molecule is Cc1cc(C(=O)O)cc(-n2nc3ccccc3n2)c1O. The second kappa shape index (κ2) is 4.34. The van der Waals surface area contributed by atoms with E-state index in [2.05, 4.69) is 10.2 Å². The van der Waals surface area contributed by atoms with Gasteiger partial charge in [0, 0.05) is 0 Å². The van der Waals surface area contributed by atoms with Crippen LogP contribution >= 0.6 is 0 Å². The Labute approximate surface area is 113 Å². The highest BCUT2D eigenvalue weighted by Crippen LogP contribution is 2.27. The van der Waals surface area contributed by atoms with Gasteiger partial charge in [-0.25, -0.2) is 4.79 Å². The Hall–Kier alpha value is -2.89. The van der Waals surface area contributed by atoms with Crippen LogP contribution in [0.3, 0.4) is 0 Å². The number of benzene rings is 2. The van der Waals surface area contributed by atoms with Crippen molar-refractivity contribution in [2.24, 2.45) is 0 Å². The molecule has 3 aromatic rings. The summed E-state index contributed by atoms with van der Waals surface area (Å²) in [5.74, 6) is -1.10. The standard InChI is InChI=1S/C14H11N3O3/c1-8-6-9(14(19)20)7-12(13(8)18)17-15-10-4-2-3-5-11(10)16-17/h2-7,18H,1H3,(H,19,20).